The lowest BCUT2D eigenvalue weighted by molar-refractivity contribution is 0.146. The Labute approximate surface area is 194 Å². The number of fused-ring (bicyclic) bond motifs is 2. The molecule has 0 spiro atoms. The molecule has 33 heavy (non-hydrogen) atoms. The molecular formula is C24H34N8O. The van der Waals surface area contributed by atoms with E-state index in [0.29, 0.717) is 24.1 Å². The van der Waals surface area contributed by atoms with E-state index in [1.807, 2.05) is 13.2 Å². The molecule has 0 bridgehead atoms. The topological polar surface area (TPSA) is 93.7 Å². The second-order valence-electron chi connectivity index (χ2n) is 9.75. The van der Waals surface area contributed by atoms with E-state index in [-0.39, 0.29) is 0 Å². The number of likely N-dealkylation sites (tertiary alicyclic amines) is 1. The van der Waals surface area contributed by atoms with Crippen LogP contribution in [0.1, 0.15) is 44.2 Å². The number of amidine groups is 1. The molecule has 9 heteroatoms. The highest BCUT2D eigenvalue weighted by molar-refractivity contribution is 5.88. The van der Waals surface area contributed by atoms with E-state index in [4.69, 9.17) is 9.73 Å². The van der Waals surface area contributed by atoms with Crippen molar-refractivity contribution in [3.63, 3.8) is 0 Å². The van der Waals surface area contributed by atoms with Crippen molar-refractivity contribution < 1.29 is 4.74 Å². The molecule has 1 saturated carbocycles. The van der Waals surface area contributed by atoms with Crippen LogP contribution in [0.2, 0.25) is 0 Å². The zero-order valence-electron chi connectivity index (χ0n) is 19.3. The molecule has 3 aliphatic heterocycles. The number of aromatic nitrogens is 3. The second-order valence-corrected chi connectivity index (χ2v) is 9.75. The van der Waals surface area contributed by atoms with E-state index < -0.39 is 0 Å². The molecule has 0 radical (unpaired) electrons. The SMILES string of the molecule is CNCC(C1CCN(C2=NC3CCCCCC3O2)C1)N1C=C(c2ncnc3[nH]ccc23)CN1. The van der Waals surface area contributed by atoms with Gasteiger partial charge in [-0.25, -0.2) is 20.4 Å². The molecule has 2 aromatic heterocycles. The fraction of sp³-hybridized carbons (Fsp3) is 0.625. The van der Waals surface area contributed by atoms with Crippen molar-refractivity contribution in [1.29, 1.82) is 0 Å². The Kier molecular flexibility index (Phi) is 5.67. The first-order valence-electron chi connectivity index (χ1n) is 12.4. The zero-order chi connectivity index (χ0) is 22.2. The molecule has 3 N–H and O–H groups in total. The normalized spacial score (nSPS) is 28.5. The first-order valence-corrected chi connectivity index (χ1v) is 12.4. The van der Waals surface area contributed by atoms with Crippen LogP contribution in [0.4, 0.5) is 0 Å². The van der Waals surface area contributed by atoms with Gasteiger partial charge in [0.2, 0.25) is 0 Å². The minimum Gasteiger partial charge on any atom is -0.460 e. The highest BCUT2D eigenvalue weighted by Crippen LogP contribution is 2.32. The molecule has 9 nitrogen and oxygen atoms in total. The van der Waals surface area contributed by atoms with Gasteiger partial charge in [0.25, 0.3) is 6.02 Å². The maximum atomic E-state index is 6.35. The van der Waals surface area contributed by atoms with Crippen molar-refractivity contribution in [3.8, 4) is 0 Å². The van der Waals surface area contributed by atoms with Crippen molar-refractivity contribution in [3.05, 3.63) is 30.5 Å². The van der Waals surface area contributed by atoms with Gasteiger partial charge in [-0.3, -0.25) is 0 Å². The largest absolute Gasteiger partial charge is 0.460 e. The van der Waals surface area contributed by atoms with Gasteiger partial charge in [-0.2, -0.15) is 0 Å². The quantitative estimate of drug-likeness (QED) is 0.642. The molecule has 1 aliphatic carbocycles. The number of likely N-dealkylation sites (N-methyl/N-ethyl adjacent to an activating group) is 1. The molecule has 0 aromatic carbocycles. The third-order valence-electron chi connectivity index (χ3n) is 7.67. The number of nitrogens with one attached hydrogen (secondary N) is 3. The Morgan fingerprint density at radius 2 is 2.15 bits per heavy atom. The van der Waals surface area contributed by atoms with E-state index in [2.05, 4.69) is 47.9 Å². The minimum absolute atomic E-state index is 0.304. The lowest BCUT2D eigenvalue weighted by Gasteiger charge is -2.32. The number of hydrogen-bond donors (Lipinski definition) is 3. The van der Waals surface area contributed by atoms with Gasteiger partial charge in [-0.05, 0) is 38.8 Å². The van der Waals surface area contributed by atoms with Crippen molar-refractivity contribution in [2.75, 3.05) is 33.2 Å². The van der Waals surface area contributed by atoms with Crippen molar-refractivity contribution in [2.24, 2.45) is 10.9 Å². The number of hydrogen-bond acceptors (Lipinski definition) is 8. The molecule has 4 aliphatic rings. The van der Waals surface area contributed by atoms with E-state index in [9.17, 15) is 0 Å². The van der Waals surface area contributed by atoms with Gasteiger partial charge < -0.3 is 24.9 Å². The van der Waals surface area contributed by atoms with Gasteiger partial charge in [-0.15, -0.1) is 0 Å². The molecular weight excluding hydrogens is 416 g/mol. The van der Waals surface area contributed by atoms with E-state index in [1.54, 1.807) is 6.33 Å². The van der Waals surface area contributed by atoms with Crippen LogP contribution in [-0.2, 0) is 4.74 Å². The van der Waals surface area contributed by atoms with Gasteiger partial charge in [0, 0.05) is 55.5 Å². The average Bonchev–Trinajstić information content (AvgIpc) is 3.62. The molecule has 1 saturated heterocycles. The van der Waals surface area contributed by atoms with Crippen molar-refractivity contribution >= 4 is 22.6 Å². The number of rotatable bonds is 5. The third kappa shape index (κ3) is 3.97. The lowest BCUT2D eigenvalue weighted by Crippen LogP contribution is -2.49. The summed E-state index contributed by atoms with van der Waals surface area (Å²) in [6.45, 7) is 3.69. The minimum atomic E-state index is 0.304. The van der Waals surface area contributed by atoms with Crippen LogP contribution in [0.5, 0.6) is 0 Å². The Hall–Kier alpha value is -2.65. The van der Waals surface area contributed by atoms with Crippen LogP contribution in [0, 0.1) is 5.92 Å². The molecule has 0 amide bonds. The predicted molar refractivity (Wildman–Crippen MR) is 128 cm³/mol. The summed E-state index contributed by atoms with van der Waals surface area (Å²) in [7, 11) is 2.03. The molecule has 5 heterocycles. The van der Waals surface area contributed by atoms with E-state index in [0.717, 1.165) is 61.8 Å². The Morgan fingerprint density at radius 1 is 1.21 bits per heavy atom. The number of aliphatic imine (C=N–C) groups is 1. The van der Waals surface area contributed by atoms with Gasteiger partial charge in [0.15, 0.2) is 0 Å². The maximum Gasteiger partial charge on any atom is 0.288 e. The number of nitrogens with zero attached hydrogens (tertiary/aromatic N) is 5. The summed E-state index contributed by atoms with van der Waals surface area (Å²) in [5, 5.41) is 6.77. The van der Waals surface area contributed by atoms with Crippen LogP contribution in [0.15, 0.2) is 29.8 Å². The van der Waals surface area contributed by atoms with Crippen molar-refractivity contribution in [1.82, 2.24) is 35.6 Å². The summed E-state index contributed by atoms with van der Waals surface area (Å²) in [6.07, 6.45) is 13.4. The Balaban J connectivity index is 1.17. The van der Waals surface area contributed by atoms with Gasteiger partial charge in [0.05, 0.1) is 17.8 Å². The van der Waals surface area contributed by atoms with Gasteiger partial charge in [-0.1, -0.05) is 12.8 Å². The van der Waals surface area contributed by atoms with Crippen molar-refractivity contribution in [2.45, 2.75) is 56.7 Å². The molecule has 4 atom stereocenters. The van der Waals surface area contributed by atoms with Crippen LogP contribution in [-0.4, -0.2) is 82.3 Å². The van der Waals surface area contributed by atoms with Crippen LogP contribution >= 0.6 is 0 Å². The van der Waals surface area contributed by atoms with Gasteiger partial charge in [0.1, 0.15) is 18.1 Å². The summed E-state index contributed by atoms with van der Waals surface area (Å²) in [5.41, 5.74) is 6.68. The predicted octanol–water partition coefficient (Wildman–Crippen LogP) is 2.12. The smallest absolute Gasteiger partial charge is 0.288 e. The first-order chi connectivity index (χ1) is 16.3. The highest BCUT2D eigenvalue weighted by Gasteiger charge is 2.39. The summed E-state index contributed by atoms with van der Waals surface area (Å²) in [5.74, 6) is 0.523. The van der Waals surface area contributed by atoms with Crippen LogP contribution in [0.3, 0.4) is 0 Å². The first kappa shape index (κ1) is 20.9. The summed E-state index contributed by atoms with van der Waals surface area (Å²) in [6, 6.07) is 3.67. The Bertz CT molecular complexity index is 1050. The standard InChI is InChI=1S/C24H34N8O/c1-25-12-20(32-14-17(11-29-32)22-18-7-9-26-23(18)28-15-27-22)16-8-10-31(13-16)24-30-19-5-3-2-4-6-21(19)33-24/h7,9,14-16,19-21,25,29H,2-6,8,10-13H2,1H3,(H,26,27,28). The van der Waals surface area contributed by atoms with E-state index in [1.165, 1.54) is 31.3 Å². The maximum absolute atomic E-state index is 6.35. The summed E-state index contributed by atoms with van der Waals surface area (Å²) >= 11 is 0. The zero-order valence-corrected chi connectivity index (χ0v) is 19.3. The van der Waals surface area contributed by atoms with Crippen LogP contribution < -0.4 is 10.7 Å². The number of H-pyrrole nitrogens is 1. The number of ether oxygens (including phenoxy) is 1. The number of hydrazine groups is 1. The summed E-state index contributed by atoms with van der Waals surface area (Å²) in [4.78, 5) is 19.5. The molecule has 176 valence electrons. The monoisotopic (exact) mass is 450 g/mol. The second kappa shape index (κ2) is 8.95. The average molecular weight is 451 g/mol. The fourth-order valence-corrected chi connectivity index (χ4v) is 5.90. The lowest BCUT2D eigenvalue weighted by atomic mass is 9.98. The fourth-order valence-electron chi connectivity index (χ4n) is 5.90. The van der Waals surface area contributed by atoms with Crippen LogP contribution in [0.25, 0.3) is 16.6 Å². The van der Waals surface area contributed by atoms with E-state index >= 15 is 0 Å². The molecule has 2 aromatic rings. The third-order valence-corrected chi connectivity index (χ3v) is 7.67. The van der Waals surface area contributed by atoms with Gasteiger partial charge >= 0.3 is 0 Å². The molecule has 4 unspecified atom stereocenters. The molecule has 2 fully saturated rings. The number of aromatic amines is 1. The molecule has 6 rings (SSSR count). The summed E-state index contributed by atoms with van der Waals surface area (Å²) < 4.78 is 6.35. The highest BCUT2D eigenvalue weighted by atomic mass is 16.5. The Morgan fingerprint density at radius 3 is 3.09 bits per heavy atom.